The van der Waals surface area contributed by atoms with Crippen LogP contribution in [0.25, 0.3) is 22.3 Å². The molecule has 4 N–H and O–H groups in total. The Hall–Kier alpha value is -3.11. The van der Waals surface area contributed by atoms with Gasteiger partial charge in [0.25, 0.3) is 0 Å². The van der Waals surface area contributed by atoms with Gasteiger partial charge in [0.1, 0.15) is 11.3 Å². The van der Waals surface area contributed by atoms with Crippen molar-refractivity contribution >= 4 is 34.5 Å². The molecule has 0 saturated carbocycles. The number of aromatic nitrogens is 2. The molecule has 0 amide bonds. The fraction of sp³-hybridized carbons (Fsp3) is 0.190. The van der Waals surface area contributed by atoms with Crippen molar-refractivity contribution in [1.82, 2.24) is 9.13 Å². The minimum atomic E-state index is -0.734. The third-order valence-electron chi connectivity index (χ3n) is 4.64. The van der Waals surface area contributed by atoms with Crippen LogP contribution < -0.4 is 5.63 Å². The first-order chi connectivity index (χ1) is 14.8. The highest BCUT2D eigenvalue weighted by Gasteiger charge is 2.20. The summed E-state index contributed by atoms with van der Waals surface area (Å²) in [5, 5.41) is 42.1. The molecule has 3 aromatic heterocycles. The van der Waals surface area contributed by atoms with Crippen molar-refractivity contribution in [3.8, 4) is 34.9 Å². The van der Waals surface area contributed by atoms with Crippen LogP contribution >= 0.6 is 23.5 Å². The monoisotopic (exact) mass is 460 g/mol. The summed E-state index contributed by atoms with van der Waals surface area (Å²) in [4.78, 5) is 13.5. The topological polar surface area (TPSA) is 121 Å². The molecule has 0 aliphatic rings. The van der Waals surface area contributed by atoms with Gasteiger partial charge in [-0.05, 0) is 35.8 Å². The first-order valence-corrected chi connectivity index (χ1v) is 11.4. The van der Waals surface area contributed by atoms with E-state index in [9.17, 15) is 25.2 Å². The van der Waals surface area contributed by atoms with Crippen LogP contribution in [-0.4, -0.2) is 41.1 Å². The van der Waals surface area contributed by atoms with Gasteiger partial charge in [0, 0.05) is 17.5 Å². The van der Waals surface area contributed by atoms with Crippen LogP contribution in [0.4, 0.5) is 0 Å². The molecular formula is C21H20N2O6S2. The molecule has 10 heteroatoms. The van der Waals surface area contributed by atoms with Crippen LogP contribution in [0.3, 0.4) is 0 Å². The molecule has 4 rings (SSSR count). The van der Waals surface area contributed by atoms with Crippen LogP contribution in [0.1, 0.15) is 13.8 Å². The summed E-state index contributed by atoms with van der Waals surface area (Å²) in [5.41, 5.74) is -0.0666. The van der Waals surface area contributed by atoms with Gasteiger partial charge in [-0.2, -0.15) is 0 Å². The lowest BCUT2D eigenvalue weighted by atomic mass is 10.2. The predicted octanol–water partition coefficient (Wildman–Crippen LogP) is 4.42. The quantitative estimate of drug-likeness (QED) is 0.246. The van der Waals surface area contributed by atoms with E-state index in [2.05, 4.69) is 0 Å². The fourth-order valence-corrected chi connectivity index (χ4v) is 4.78. The molecule has 0 unspecified atom stereocenters. The maximum absolute atomic E-state index is 12.5. The summed E-state index contributed by atoms with van der Waals surface area (Å²) < 4.78 is 7.68. The summed E-state index contributed by atoms with van der Waals surface area (Å²) in [6, 6.07) is 9.12. The zero-order valence-electron chi connectivity index (χ0n) is 16.7. The molecule has 4 aromatic rings. The standard InChI is InChI=1S/C21H20N2O6S2/c1-3-30-15-9-17(24)22(19(15)26)12-5-6-14-11(7-12)8-13(21(28)29-14)23-18(25)10-16(20(23)27)31-4-2/h5-10,24-27H,3-4H2,1-2H3. The number of nitrogens with zero attached hydrogens (tertiary/aromatic N) is 2. The Labute approximate surface area is 185 Å². The summed E-state index contributed by atoms with van der Waals surface area (Å²) in [7, 11) is 0. The van der Waals surface area contributed by atoms with Crippen molar-refractivity contribution < 1.29 is 24.8 Å². The van der Waals surface area contributed by atoms with Gasteiger partial charge in [0.15, 0.2) is 11.8 Å². The van der Waals surface area contributed by atoms with E-state index in [-0.39, 0.29) is 34.8 Å². The molecule has 162 valence electrons. The van der Waals surface area contributed by atoms with Crippen molar-refractivity contribution in [2.45, 2.75) is 23.6 Å². The maximum atomic E-state index is 12.5. The number of aromatic hydroxyl groups is 4. The van der Waals surface area contributed by atoms with Crippen molar-refractivity contribution in [2.75, 3.05) is 11.5 Å². The second-order valence-electron chi connectivity index (χ2n) is 6.56. The molecular weight excluding hydrogens is 440 g/mol. The molecule has 0 saturated heterocycles. The van der Waals surface area contributed by atoms with Gasteiger partial charge in [-0.1, -0.05) is 13.8 Å². The highest BCUT2D eigenvalue weighted by atomic mass is 32.2. The number of rotatable bonds is 6. The van der Waals surface area contributed by atoms with Crippen molar-refractivity contribution in [2.24, 2.45) is 0 Å². The lowest BCUT2D eigenvalue weighted by molar-refractivity contribution is 0.395. The maximum Gasteiger partial charge on any atom is 0.360 e. The van der Waals surface area contributed by atoms with E-state index in [0.717, 1.165) is 10.3 Å². The summed E-state index contributed by atoms with van der Waals surface area (Å²) >= 11 is 2.72. The average Bonchev–Trinajstić information content (AvgIpc) is 3.16. The van der Waals surface area contributed by atoms with Gasteiger partial charge >= 0.3 is 5.63 Å². The molecule has 31 heavy (non-hydrogen) atoms. The second-order valence-corrected chi connectivity index (χ2v) is 9.17. The minimum Gasteiger partial charge on any atom is -0.494 e. The van der Waals surface area contributed by atoms with Gasteiger partial charge in [-0.25, -0.2) is 9.36 Å². The summed E-state index contributed by atoms with van der Waals surface area (Å²) in [5.74, 6) is 0.628. The SMILES string of the molecule is CCSc1cc(O)n(-c2ccc3oc(=O)c(-n4c(O)cc(SCC)c4O)cc3c2)c1O. The molecule has 0 fully saturated rings. The summed E-state index contributed by atoms with van der Waals surface area (Å²) in [6.07, 6.45) is 0. The number of fused-ring (bicyclic) bond motifs is 1. The van der Waals surface area contributed by atoms with Gasteiger partial charge < -0.3 is 24.8 Å². The third kappa shape index (κ3) is 3.61. The van der Waals surface area contributed by atoms with Crippen LogP contribution in [-0.2, 0) is 0 Å². The third-order valence-corrected chi connectivity index (χ3v) is 6.44. The molecule has 0 spiro atoms. The second kappa shape index (κ2) is 8.20. The molecule has 8 nitrogen and oxygen atoms in total. The molecule has 0 bridgehead atoms. The van der Waals surface area contributed by atoms with Crippen LogP contribution in [0.15, 0.2) is 55.4 Å². The zero-order chi connectivity index (χ0) is 22.3. The molecule has 3 heterocycles. The van der Waals surface area contributed by atoms with E-state index < -0.39 is 5.63 Å². The zero-order valence-corrected chi connectivity index (χ0v) is 18.3. The Bertz CT molecular complexity index is 1340. The van der Waals surface area contributed by atoms with E-state index in [4.69, 9.17) is 4.42 Å². The number of benzene rings is 1. The minimum absolute atomic E-state index is 0.0641. The lowest BCUT2D eigenvalue weighted by Crippen LogP contribution is -2.09. The Balaban J connectivity index is 1.88. The summed E-state index contributed by atoms with van der Waals surface area (Å²) in [6.45, 7) is 3.84. The largest absolute Gasteiger partial charge is 0.494 e. The van der Waals surface area contributed by atoms with Gasteiger partial charge in [-0.15, -0.1) is 23.5 Å². The van der Waals surface area contributed by atoms with Crippen molar-refractivity contribution in [3.63, 3.8) is 0 Å². The Morgan fingerprint density at radius 2 is 1.42 bits per heavy atom. The average molecular weight is 461 g/mol. The number of hydrogen-bond donors (Lipinski definition) is 4. The first-order valence-electron chi connectivity index (χ1n) is 9.47. The van der Waals surface area contributed by atoms with Crippen LogP contribution in [0, 0.1) is 0 Å². The number of thioether (sulfide) groups is 2. The fourth-order valence-electron chi connectivity index (χ4n) is 3.34. The van der Waals surface area contributed by atoms with Gasteiger partial charge in [-0.3, -0.25) is 4.57 Å². The Kier molecular flexibility index (Phi) is 5.59. The normalized spacial score (nSPS) is 11.4. The van der Waals surface area contributed by atoms with E-state index in [1.165, 1.54) is 46.3 Å². The molecule has 0 atom stereocenters. The molecule has 0 aliphatic carbocycles. The van der Waals surface area contributed by atoms with Crippen LogP contribution in [0.5, 0.6) is 23.5 Å². The molecule has 1 aromatic carbocycles. The first kappa shape index (κ1) is 21.1. The van der Waals surface area contributed by atoms with E-state index in [0.29, 0.717) is 26.6 Å². The Morgan fingerprint density at radius 3 is 2.03 bits per heavy atom. The molecule has 0 radical (unpaired) electrons. The lowest BCUT2D eigenvalue weighted by Gasteiger charge is -2.10. The smallest absolute Gasteiger partial charge is 0.360 e. The van der Waals surface area contributed by atoms with Gasteiger partial charge in [0.2, 0.25) is 11.8 Å². The van der Waals surface area contributed by atoms with E-state index in [1.807, 2.05) is 13.8 Å². The Morgan fingerprint density at radius 1 is 0.839 bits per heavy atom. The van der Waals surface area contributed by atoms with E-state index in [1.54, 1.807) is 18.2 Å². The van der Waals surface area contributed by atoms with Crippen molar-refractivity contribution in [1.29, 1.82) is 0 Å². The number of hydrogen-bond acceptors (Lipinski definition) is 8. The van der Waals surface area contributed by atoms with Crippen molar-refractivity contribution in [3.05, 3.63) is 46.8 Å². The highest BCUT2D eigenvalue weighted by molar-refractivity contribution is 7.99. The van der Waals surface area contributed by atoms with Crippen LogP contribution in [0.2, 0.25) is 0 Å². The van der Waals surface area contributed by atoms with E-state index >= 15 is 0 Å². The molecule has 0 aliphatic heterocycles. The highest BCUT2D eigenvalue weighted by Crippen LogP contribution is 2.39. The predicted molar refractivity (Wildman–Crippen MR) is 121 cm³/mol. The van der Waals surface area contributed by atoms with Gasteiger partial charge in [0.05, 0.1) is 15.5 Å².